The number of methoxy groups -OCH3 is 1. The lowest BCUT2D eigenvalue weighted by molar-refractivity contribution is 0.195. The van der Waals surface area contributed by atoms with Crippen molar-refractivity contribution in [2.75, 3.05) is 12.4 Å². The monoisotopic (exact) mass is 421 g/mol. The first-order valence-corrected chi connectivity index (χ1v) is 10.0. The molecule has 0 saturated heterocycles. The summed E-state index contributed by atoms with van der Waals surface area (Å²) in [6.07, 6.45) is 3.54. The molecule has 0 aliphatic carbocycles. The summed E-state index contributed by atoms with van der Waals surface area (Å²) in [6, 6.07) is 11.7. The number of aliphatic hydroxyl groups excluding tert-OH is 1. The number of hydrogen-bond donors (Lipinski definition) is 2. The maximum Gasteiger partial charge on any atom is 0.154 e. The summed E-state index contributed by atoms with van der Waals surface area (Å²) in [5, 5.41) is 17.6. The van der Waals surface area contributed by atoms with Crippen molar-refractivity contribution in [3.8, 4) is 17.1 Å². The van der Waals surface area contributed by atoms with Gasteiger partial charge in [0.05, 0.1) is 31.1 Å². The molecular formula is C23H24FN5O2. The SMILES string of the molecule is COc1ccc(F)cc1[C@@H](C)Nc1ccc2ncc(-c3cc(C[C@H](C)O)ccn3)n2n1. The van der Waals surface area contributed by atoms with E-state index in [4.69, 9.17) is 4.74 Å². The van der Waals surface area contributed by atoms with E-state index < -0.39 is 6.10 Å². The summed E-state index contributed by atoms with van der Waals surface area (Å²) in [4.78, 5) is 8.87. The Morgan fingerprint density at radius 1 is 1.13 bits per heavy atom. The normalized spacial score (nSPS) is 13.2. The molecule has 0 radical (unpaired) electrons. The van der Waals surface area contributed by atoms with Crippen LogP contribution in [-0.2, 0) is 6.42 Å². The fraction of sp³-hybridized carbons (Fsp3) is 0.261. The molecule has 0 bridgehead atoms. The predicted octanol–water partition coefficient (Wildman–Crippen LogP) is 4.04. The number of nitrogens with zero attached hydrogens (tertiary/aromatic N) is 4. The Morgan fingerprint density at radius 3 is 2.74 bits per heavy atom. The number of ether oxygens (including phenoxy) is 1. The molecule has 31 heavy (non-hydrogen) atoms. The molecule has 0 unspecified atom stereocenters. The van der Waals surface area contributed by atoms with Crippen molar-refractivity contribution in [3.63, 3.8) is 0 Å². The molecule has 4 rings (SSSR count). The summed E-state index contributed by atoms with van der Waals surface area (Å²) in [7, 11) is 1.56. The number of hydrogen-bond acceptors (Lipinski definition) is 6. The van der Waals surface area contributed by atoms with Crippen LogP contribution in [0.2, 0.25) is 0 Å². The molecule has 3 aromatic heterocycles. The standard InChI is InChI=1S/C23H24FN5O2/c1-14(30)10-16-8-9-25-19(11-16)20-13-26-23-7-6-22(28-29(20)23)27-15(2)18-12-17(24)4-5-21(18)31-3/h4-9,11-15,30H,10H2,1-3H3,(H,27,28)/t14-,15+/m0/s1. The summed E-state index contributed by atoms with van der Waals surface area (Å²) in [6.45, 7) is 3.67. The van der Waals surface area contributed by atoms with Crippen LogP contribution in [0.25, 0.3) is 17.0 Å². The molecule has 1 aromatic carbocycles. The molecule has 0 aliphatic heterocycles. The molecule has 0 fully saturated rings. The van der Waals surface area contributed by atoms with Gasteiger partial charge in [0.15, 0.2) is 5.65 Å². The van der Waals surface area contributed by atoms with E-state index in [1.807, 2.05) is 31.2 Å². The van der Waals surface area contributed by atoms with Gasteiger partial charge in [-0.3, -0.25) is 4.98 Å². The molecule has 3 heterocycles. The van der Waals surface area contributed by atoms with E-state index in [2.05, 4.69) is 20.4 Å². The Labute approximate surface area is 179 Å². The highest BCUT2D eigenvalue weighted by Crippen LogP contribution is 2.28. The van der Waals surface area contributed by atoms with Crippen molar-refractivity contribution in [2.45, 2.75) is 32.4 Å². The van der Waals surface area contributed by atoms with Crippen LogP contribution in [-0.4, -0.2) is 37.9 Å². The minimum Gasteiger partial charge on any atom is -0.496 e. The van der Waals surface area contributed by atoms with Crippen LogP contribution in [0.4, 0.5) is 10.2 Å². The molecule has 0 aliphatic rings. The number of benzene rings is 1. The molecule has 7 nitrogen and oxygen atoms in total. The number of pyridine rings is 1. The third-order valence-corrected chi connectivity index (χ3v) is 5.00. The van der Waals surface area contributed by atoms with Gasteiger partial charge in [0.1, 0.15) is 23.1 Å². The van der Waals surface area contributed by atoms with Crippen LogP contribution < -0.4 is 10.1 Å². The fourth-order valence-electron chi connectivity index (χ4n) is 3.55. The van der Waals surface area contributed by atoms with E-state index in [1.165, 1.54) is 12.1 Å². The summed E-state index contributed by atoms with van der Waals surface area (Å²) >= 11 is 0. The Morgan fingerprint density at radius 2 is 1.97 bits per heavy atom. The number of anilines is 1. The second kappa shape index (κ2) is 8.69. The first-order valence-electron chi connectivity index (χ1n) is 10.0. The summed E-state index contributed by atoms with van der Waals surface area (Å²) in [5.41, 5.74) is 3.82. The van der Waals surface area contributed by atoms with E-state index in [1.54, 1.807) is 37.0 Å². The van der Waals surface area contributed by atoms with Crippen LogP contribution in [0.5, 0.6) is 5.75 Å². The van der Waals surface area contributed by atoms with Crippen molar-refractivity contribution in [1.82, 2.24) is 19.6 Å². The van der Waals surface area contributed by atoms with Gasteiger partial charge in [-0.05, 0) is 68.3 Å². The molecule has 0 spiro atoms. The quantitative estimate of drug-likeness (QED) is 0.469. The number of fused-ring (bicyclic) bond motifs is 1. The van der Waals surface area contributed by atoms with Gasteiger partial charge < -0.3 is 15.2 Å². The molecule has 8 heteroatoms. The van der Waals surface area contributed by atoms with Crippen LogP contribution in [0.1, 0.15) is 31.0 Å². The van der Waals surface area contributed by atoms with E-state index in [0.29, 0.717) is 29.2 Å². The van der Waals surface area contributed by atoms with Gasteiger partial charge in [0.25, 0.3) is 0 Å². The number of aromatic nitrogens is 4. The summed E-state index contributed by atoms with van der Waals surface area (Å²) < 4.78 is 20.8. The van der Waals surface area contributed by atoms with E-state index in [9.17, 15) is 9.50 Å². The highest BCUT2D eigenvalue weighted by molar-refractivity contribution is 5.61. The second-order valence-corrected chi connectivity index (χ2v) is 7.49. The van der Waals surface area contributed by atoms with Gasteiger partial charge in [-0.25, -0.2) is 13.9 Å². The van der Waals surface area contributed by atoms with Crippen molar-refractivity contribution >= 4 is 11.5 Å². The Kier molecular flexibility index (Phi) is 5.81. The third-order valence-electron chi connectivity index (χ3n) is 5.00. The zero-order valence-corrected chi connectivity index (χ0v) is 17.6. The molecular weight excluding hydrogens is 397 g/mol. The van der Waals surface area contributed by atoms with Gasteiger partial charge in [0.2, 0.25) is 0 Å². The first-order chi connectivity index (χ1) is 14.9. The van der Waals surface area contributed by atoms with Gasteiger partial charge >= 0.3 is 0 Å². The lowest BCUT2D eigenvalue weighted by Gasteiger charge is -2.18. The number of halogens is 1. The minimum absolute atomic E-state index is 0.241. The minimum atomic E-state index is -0.437. The smallest absolute Gasteiger partial charge is 0.154 e. The molecule has 2 N–H and O–H groups in total. The van der Waals surface area contributed by atoms with Crippen molar-refractivity contribution in [2.24, 2.45) is 0 Å². The molecule has 4 aromatic rings. The topological polar surface area (TPSA) is 84.6 Å². The Bertz CT molecular complexity index is 1210. The largest absolute Gasteiger partial charge is 0.496 e. The van der Waals surface area contributed by atoms with Crippen molar-refractivity contribution < 1.29 is 14.2 Å². The molecule has 2 atom stereocenters. The fourth-order valence-corrected chi connectivity index (χ4v) is 3.55. The maximum atomic E-state index is 13.8. The van der Waals surface area contributed by atoms with Crippen LogP contribution >= 0.6 is 0 Å². The maximum absolute atomic E-state index is 13.8. The van der Waals surface area contributed by atoms with Crippen molar-refractivity contribution in [1.29, 1.82) is 0 Å². The van der Waals surface area contributed by atoms with Gasteiger partial charge in [-0.15, -0.1) is 5.10 Å². The van der Waals surface area contributed by atoms with Crippen LogP contribution in [0, 0.1) is 5.82 Å². The number of nitrogens with one attached hydrogen (secondary N) is 1. The van der Waals surface area contributed by atoms with Crippen LogP contribution in [0.3, 0.4) is 0 Å². The average molecular weight is 421 g/mol. The first kappa shape index (κ1) is 20.7. The van der Waals surface area contributed by atoms with Crippen molar-refractivity contribution in [3.05, 3.63) is 71.8 Å². The van der Waals surface area contributed by atoms with Gasteiger partial charge in [-0.2, -0.15) is 0 Å². The highest BCUT2D eigenvalue weighted by Gasteiger charge is 2.15. The van der Waals surface area contributed by atoms with E-state index in [-0.39, 0.29) is 11.9 Å². The Hall–Kier alpha value is -3.52. The summed E-state index contributed by atoms with van der Waals surface area (Å²) in [5.74, 6) is 0.878. The lowest BCUT2D eigenvalue weighted by Crippen LogP contribution is -2.11. The predicted molar refractivity (Wildman–Crippen MR) is 117 cm³/mol. The van der Waals surface area contributed by atoms with Gasteiger partial charge in [-0.1, -0.05) is 0 Å². The third kappa shape index (κ3) is 4.49. The van der Waals surface area contributed by atoms with E-state index in [0.717, 1.165) is 17.0 Å². The lowest BCUT2D eigenvalue weighted by atomic mass is 10.1. The van der Waals surface area contributed by atoms with E-state index >= 15 is 0 Å². The highest BCUT2D eigenvalue weighted by atomic mass is 19.1. The number of rotatable bonds is 7. The van der Waals surface area contributed by atoms with Gasteiger partial charge in [0, 0.05) is 11.8 Å². The molecule has 0 amide bonds. The van der Waals surface area contributed by atoms with Crippen LogP contribution in [0.15, 0.2) is 54.9 Å². The number of aliphatic hydroxyl groups is 1. The Balaban J connectivity index is 1.66. The second-order valence-electron chi connectivity index (χ2n) is 7.49. The zero-order chi connectivity index (χ0) is 22.0. The number of imidazole rings is 1. The molecule has 0 saturated carbocycles. The zero-order valence-electron chi connectivity index (χ0n) is 17.6. The molecule has 160 valence electrons. The average Bonchev–Trinajstić information content (AvgIpc) is 3.16.